The maximum absolute atomic E-state index is 10.8. The second-order valence-electron chi connectivity index (χ2n) is 4.10. The fraction of sp³-hybridized carbons (Fsp3) is 0.667. The summed E-state index contributed by atoms with van der Waals surface area (Å²) < 4.78 is 0. The van der Waals surface area contributed by atoms with Gasteiger partial charge in [0.25, 0.3) is 5.56 Å². The second kappa shape index (κ2) is 7.04. The zero-order valence-corrected chi connectivity index (χ0v) is 10.1. The topological polar surface area (TPSA) is 57.8 Å². The van der Waals surface area contributed by atoms with Crippen LogP contribution in [-0.4, -0.2) is 16.7 Å². The molecule has 0 saturated heterocycles. The van der Waals surface area contributed by atoms with Crippen LogP contribution in [0.3, 0.4) is 0 Å². The van der Waals surface area contributed by atoms with E-state index >= 15 is 0 Å². The summed E-state index contributed by atoms with van der Waals surface area (Å²) in [6.45, 7) is 5.35. The Morgan fingerprint density at radius 3 is 2.81 bits per heavy atom. The minimum Gasteiger partial charge on any atom is -0.368 e. The lowest BCUT2D eigenvalue weighted by Crippen LogP contribution is -2.16. The van der Waals surface area contributed by atoms with Gasteiger partial charge in [-0.05, 0) is 18.4 Å². The summed E-state index contributed by atoms with van der Waals surface area (Å²) in [5.74, 6) is 1.43. The van der Waals surface area contributed by atoms with E-state index in [1.807, 2.05) is 0 Å². The van der Waals surface area contributed by atoms with Crippen molar-refractivity contribution < 1.29 is 0 Å². The first kappa shape index (κ1) is 12.7. The molecule has 1 rings (SSSR count). The number of hydrogen-bond donors (Lipinski definition) is 2. The Kier molecular flexibility index (Phi) is 5.61. The molecule has 2 N–H and O–H groups in total. The summed E-state index contributed by atoms with van der Waals surface area (Å²) in [5.41, 5.74) is -0.163. The van der Waals surface area contributed by atoms with Gasteiger partial charge in [0.15, 0.2) is 0 Å². The lowest BCUT2D eigenvalue weighted by molar-refractivity contribution is 0.472. The fourth-order valence-corrected chi connectivity index (χ4v) is 1.64. The third kappa shape index (κ3) is 4.47. The molecule has 0 aliphatic carbocycles. The van der Waals surface area contributed by atoms with Crippen molar-refractivity contribution in [2.75, 3.05) is 11.9 Å². The van der Waals surface area contributed by atoms with Gasteiger partial charge in [0.05, 0.1) is 0 Å². The van der Waals surface area contributed by atoms with E-state index in [9.17, 15) is 4.79 Å². The Hall–Kier alpha value is -1.32. The summed E-state index contributed by atoms with van der Waals surface area (Å²) in [5, 5.41) is 9.58. The standard InChI is InChI=1S/C12H21N3O/c1-3-5-6-10(4-2)9-13-11-7-8-12(16)15-14-11/h7-8,10H,3-6,9H2,1-2H3,(H,13,14)(H,15,16)/t10-/m0/s1. The molecule has 0 amide bonds. The zero-order chi connectivity index (χ0) is 11.8. The third-order valence-corrected chi connectivity index (χ3v) is 2.79. The highest BCUT2D eigenvalue weighted by Gasteiger charge is 2.05. The minimum atomic E-state index is -0.163. The van der Waals surface area contributed by atoms with Crippen LogP contribution in [0.5, 0.6) is 0 Å². The summed E-state index contributed by atoms with van der Waals surface area (Å²) in [6.07, 6.45) is 4.95. The van der Waals surface area contributed by atoms with Gasteiger partial charge in [0.1, 0.15) is 5.82 Å². The van der Waals surface area contributed by atoms with Gasteiger partial charge >= 0.3 is 0 Å². The van der Waals surface area contributed by atoms with Crippen LogP contribution in [0, 0.1) is 5.92 Å². The molecule has 0 fully saturated rings. The number of anilines is 1. The molecule has 0 spiro atoms. The highest BCUT2D eigenvalue weighted by atomic mass is 16.1. The predicted molar refractivity (Wildman–Crippen MR) is 66.7 cm³/mol. The zero-order valence-electron chi connectivity index (χ0n) is 10.1. The Labute approximate surface area is 96.5 Å². The summed E-state index contributed by atoms with van der Waals surface area (Å²) in [4.78, 5) is 10.8. The number of nitrogens with one attached hydrogen (secondary N) is 2. The van der Waals surface area contributed by atoms with E-state index in [0.29, 0.717) is 5.92 Å². The quantitative estimate of drug-likeness (QED) is 0.746. The number of rotatable bonds is 7. The maximum Gasteiger partial charge on any atom is 0.264 e. The molecule has 1 atom stereocenters. The molecule has 4 nitrogen and oxygen atoms in total. The number of H-pyrrole nitrogens is 1. The van der Waals surface area contributed by atoms with Crippen LogP contribution >= 0.6 is 0 Å². The first-order valence-corrected chi connectivity index (χ1v) is 6.05. The van der Waals surface area contributed by atoms with Gasteiger partial charge in [-0.15, -0.1) is 0 Å². The fourth-order valence-electron chi connectivity index (χ4n) is 1.64. The molecule has 16 heavy (non-hydrogen) atoms. The van der Waals surface area contributed by atoms with Crippen molar-refractivity contribution in [1.82, 2.24) is 10.2 Å². The van der Waals surface area contributed by atoms with Crippen LogP contribution in [0.15, 0.2) is 16.9 Å². The molecule has 0 radical (unpaired) electrons. The van der Waals surface area contributed by atoms with Gasteiger partial charge in [-0.2, -0.15) is 5.10 Å². The van der Waals surface area contributed by atoms with Gasteiger partial charge in [0.2, 0.25) is 0 Å². The first-order valence-electron chi connectivity index (χ1n) is 6.05. The van der Waals surface area contributed by atoms with E-state index in [0.717, 1.165) is 12.4 Å². The van der Waals surface area contributed by atoms with Crippen molar-refractivity contribution in [3.05, 3.63) is 22.5 Å². The molecule has 1 aromatic rings. The van der Waals surface area contributed by atoms with Gasteiger partial charge < -0.3 is 5.32 Å². The molecule has 1 aromatic heterocycles. The first-order chi connectivity index (χ1) is 7.76. The van der Waals surface area contributed by atoms with Crippen molar-refractivity contribution in [2.45, 2.75) is 39.5 Å². The van der Waals surface area contributed by atoms with Gasteiger partial charge in [0, 0.05) is 12.6 Å². The highest BCUT2D eigenvalue weighted by Crippen LogP contribution is 2.12. The Morgan fingerprint density at radius 2 is 2.25 bits per heavy atom. The van der Waals surface area contributed by atoms with Gasteiger partial charge in [-0.3, -0.25) is 4.79 Å². The third-order valence-electron chi connectivity index (χ3n) is 2.79. The van der Waals surface area contributed by atoms with E-state index in [2.05, 4.69) is 29.4 Å². The van der Waals surface area contributed by atoms with E-state index in [4.69, 9.17) is 0 Å². The van der Waals surface area contributed by atoms with Crippen LogP contribution in [0.25, 0.3) is 0 Å². The number of nitrogens with zero attached hydrogens (tertiary/aromatic N) is 1. The van der Waals surface area contributed by atoms with Crippen LogP contribution in [0.4, 0.5) is 5.82 Å². The van der Waals surface area contributed by atoms with E-state index in [1.165, 1.54) is 31.7 Å². The smallest absolute Gasteiger partial charge is 0.264 e. The molecule has 0 aliphatic rings. The van der Waals surface area contributed by atoms with Gasteiger partial charge in [-0.25, -0.2) is 5.10 Å². The van der Waals surface area contributed by atoms with Crippen LogP contribution in [-0.2, 0) is 0 Å². The molecule has 0 aliphatic heterocycles. The lowest BCUT2D eigenvalue weighted by Gasteiger charge is -2.15. The molecule has 0 saturated carbocycles. The molecule has 4 heteroatoms. The largest absolute Gasteiger partial charge is 0.368 e. The lowest BCUT2D eigenvalue weighted by atomic mass is 9.99. The number of aromatic nitrogens is 2. The van der Waals surface area contributed by atoms with Crippen molar-refractivity contribution in [2.24, 2.45) is 5.92 Å². The van der Waals surface area contributed by atoms with Crippen LogP contribution in [0.1, 0.15) is 39.5 Å². The molecule has 0 aromatic carbocycles. The normalized spacial score (nSPS) is 12.4. The average Bonchev–Trinajstić information content (AvgIpc) is 2.32. The number of unbranched alkanes of at least 4 members (excludes halogenated alkanes) is 1. The van der Waals surface area contributed by atoms with Crippen molar-refractivity contribution in [3.63, 3.8) is 0 Å². The number of aromatic amines is 1. The molecule has 0 unspecified atom stereocenters. The van der Waals surface area contributed by atoms with Crippen LogP contribution < -0.4 is 10.9 Å². The van der Waals surface area contributed by atoms with Crippen LogP contribution in [0.2, 0.25) is 0 Å². The Bertz CT molecular complexity index is 328. The summed E-state index contributed by atoms with van der Waals surface area (Å²) >= 11 is 0. The average molecular weight is 223 g/mol. The second-order valence-corrected chi connectivity index (χ2v) is 4.10. The number of hydrogen-bond acceptors (Lipinski definition) is 3. The van der Waals surface area contributed by atoms with Crippen molar-refractivity contribution >= 4 is 5.82 Å². The van der Waals surface area contributed by atoms with E-state index < -0.39 is 0 Å². The van der Waals surface area contributed by atoms with Crippen molar-refractivity contribution in [3.8, 4) is 0 Å². The van der Waals surface area contributed by atoms with E-state index in [-0.39, 0.29) is 5.56 Å². The van der Waals surface area contributed by atoms with E-state index in [1.54, 1.807) is 6.07 Å². The maximum atomic E-state index is 10.8. The molecule has 1 heterocycles. The molecular weight excluding hydrogens is 202 g/mol. The Morgan fingerprint density at radius 1 is 1.44 bits per heavy atom. The van der Waals surface area contributed by atoms with Gasteiger partial charge in [-0.1, -0.05) is 33.1 Å². The summed E-state index contributed by atoms with van der Waals surface area (Å²) in [6, 6.07) is 3.20. The Balaban J connectivity index is 2.36. The minimum absolute atomic E-state index is 0.163. The SMILES string of the molecule is CCCC[C@H](CC)CNc1ccc(=O)[nH]n1. The molecule has 0 bridgehead atoms. The van der Waals surface area contributed by atoms with Crippen molar-refractivity contribution in [1.29, 1.82) is 0 Å². The monoisotopic (exact) mass is 223 g/mol. The predicted octanol–water partition coefficient (Wildman–Crippen LogP) is 2.40. The molecular formula is C12H21N3O. The summed E-state index contributed by atoms with van der Waals surface area (Å²) in [7, 11) is 0. The molecule has 90 valence electrons. The highest BCUT2D eigenvalue weighted by molar-refractivity contribution is 5.31.